The standard InChI is InChI=1S/C12H21N3O4S/c1-11(2,12(3,4)17)14-20(18,19)8-6-9(10(13)16)15(5)7-8/h6-7,14,17H,1-5H3,(H2,13,16). The summed E-state index contributed by atoms with van der Waals surface area (Å²) in [6.07, 6.45) is 1.29. The lowest BCUT2D eigenvalue weighted by Crippen LogP contribution is -2.57. The van der Waals surface area contributed by atoms with Crippen molar-refractivity contribution in [3.8, 4) is 0 Å². The van der Waals surface area contributed by atoms with Crippen LogP contribution in [0.3, 0.4) is 0 Å². The number of carbonyl (C=O) groups is 1. The Morgan fingerprint density at radius 2 is 1.85 bits per heavy atom. The highest BCUT2D eigenvalue weighted by Gasteiger charge is 2.39. The average Bonchev–Trinajstić information content (AvgIpc) is 2.57. The van der Waals surface area contributed by atoms with Gasteiger partial charge < -0.3 is 15.4 Å². The molecule has 0 unspecified atom stereocenters. The molecule has 0 aromatic carbocycles. The number of hydrogen-bond acceptors (Lipinski definition) is 4. The van der Waals surface area contributed by atoms with Gasteiger partial charge in [0.25, 0.3) is 5.91 Å². The van der Waals surface area contributed by atoms with E-state index in [9.17, 15) is 18.3 Å². The fraction of sp³-hybridized carbons (Fsp3) is 0.583. The Morgan fingerprint density at radius 3 is 2.20 bits per heavy atom. The molecule has 1 heterocycles. The van der Waals surface area contributed by atoms with Crippen LogP contribution in [-0.2, 0) is 17.1 Å². The quantitative estimate of drug-likeness (QED) is 0.707. The summed E-state index contributed by atoms with van der Waals surface area (Å²) >= 11 is 0. The van der Waals surface area contributed by atoms with E-state index in [4.69, 9.17) is 5.73 Å². The van der Waals surface area contributed by atoms with Crippen LogP contribution in [0.15, 0.2) is 17.2 Å². The molecular formula is C12H21N3O4S. The Labute approximate surface area is 118 Å². The lowest BCUT2D eigenvalue weighted by molar-refractivity contribution is 0.00638. The van der Waals surface area contributed by atoms with Crippen LogP contribution in [0, 0.1) is 0 Å². The third-order valence-electron chi connectivity index (χ3n) is 3.46. The Bertz CT molecular complexity index is 624. The molecule has 0 atom stereocenters. The molecule has 1 aromatic rings. The number of aromatic nitrogens is 1. The van der Waals surface area contributed by atoms with Crippen molar-refractivity contribution in [2.24, 2.45) is 12.8 Å². The fourth-order valence-electron chi connectivity index (χ4n) is 1.45. The second-order valence-corrected chi connectivity index (χ2v) is 7.51. The Kier molecular flexibility index (Phi) is 4.06. The van der Waals surface area contributed by atoms with E-state index in [0.29, 0.717) is 0 Å². The number of nitrogens with two attached hydrogens (primary N) is 1. The molecule has 0 fully saturated rings. The van der Waals surface area contributed by atoms with Crippen LogP contribution in [0.25, 0.3) is 0 Å². The first-order valence-electron chi connectivity index (χ1n) is 6.00. The van der Waals surface area contributed by atoms with Crippen LogP contribution >= 0.6 is 0 Å². The summed E-state index contributed by atoms with van der Waals surface area (Å²) in [6.45, 7) is 6.16. The van der Waals surface area contributed by atoms with E-state index in [-0.39, 0.29) is 10.6 Å². The van der Waals surface area contributed by atoms with Gasteiger partial charge in [0.2, 0.25) is 10.0 Å². The molecule has 0 spiro atoms. The predicted octanol–water partition coefficient (Wildman–Crippen LogP) is -0.0482. The van der Waals surface area contributed by atoms with Crippen molar-refractivity contribution in [1.29, 1.82) is 0 Å². The molecule has 1 aromatic heterocycles. The fourth-order valence-corrected chi connectivity index (χ4v) is 3.05. The normalized spacial score (nSPS) is 13.5. The summed E-state index contributed by atoms with van der Waals surface area (Å²) in [6, 6.07) is 1.20. The van der Waals surface area contributed by atoms with Crippen LogP contribution < -0.4 is 10.5 Å². The molecule has 0 aliphatic carbocycles. The van der Waals surface area contributed by atoms with Gasteiger partial charge in [0.15, 0.2) is 0 Å². The van der Waals surface area contributed by atoms with Crippen molar-refractivity contribution in [3.63, 3.8) is 0 Å². The van der Waals surface area contributed by atoms with Crippen molar-refractivity contribution in [2.45, 2.75) is 43.7 Å². The molecule has 0 aliphatic heterocycles. The van der Waals surface area contributed by atoms with Crippen LogP contribution in [0.2, 0.25) is 0 Å². The van der Waals surface area contributed by atoms with E-state index < -0.39 is 27.1 Å². The van der Waals surface area contributed by atoms with Gasteiger partial charge in [-0.05, 0) is 33.8 Å². The minimum absolute atomic E-state index is 0.0777. The van der Waals surface area contributed by atoms with Crippen LogP contribution in [0.1, 0.15) is 38.2 Å². The number of nitrogens with zero attached hydrogens (tertiary/aromatic N) is 1. The molecule has 1 rings (SSSR count). The highest BCUT2D eigenvalue weighted by Crippen LogP contribution is 2.24. The van der Waals surface area contributed by atoms with Gasteiger partial charge in [0.1, 0.15) is 10.6 Å². The second kappa shape index (κ2) is 4.87. The summed E-state index contributed by atoms with van der Waals surface area (Å²) < 4.78 is 28.4. The van der Waals surface area contributed by atoms with Gasteiger partial charge in [-0.1, -0.05) is 0 Å². The SMILES string of the molecule is Cn1cc(S(=O)(=O)NC(C)(C)C(C)(C)O)cc1C(N)=O. The molecule has 0 saturated heterocycles. The molecule has 114 valence electrons. The second-order valence-electron chi connectivity index (χ2n) is 5.83. The minimum atomic E-state index is -3.87. The van der Waals surface area contributed by atoms with Gasteiger partial charge in [-0.3, -0.25) is 4.79 Å². The Balaban J connectivity index is 3.19. The number of aryl methyl sites for hydroxylation is 1. The third-order valence-corrected chi connectivity index (χ3v) is 5.08. The first-order chi connectivity index (χ1) is 8.78. The van der Waals surface area contributed by atoms with E-state index in [1.54, 1.807) is 13.8 Å². The van der Waals surface area contributed by atoms with E-state index in [2.05, 4.69) is 4.72 Å². The molecule has 0 bridgehead atoms. The van der Waals surface area contributed by atoms with E-state index in [0.717, 1.165) is 0 Å². The zero-order chi connectivity index (χ0) is 15.9. The van der Waals surface area contributed by atoms with Gasteiger partial charge in [0, 0.05) is 13.2 Å². The first-order valence-corrected chi connectivity index (χ1v) is 7.49. The molecule has 0 aliphatic rings. The maximum atomic E-state index is 12.3. The van der Waals surface area contributed by atoms with Gasteiger partial charge in [0.05, 0.1) is 11.1 Å². The molecule has 8 heteroatoms. The summed E-state index contributed by atoms with van der Waals surface area (Å²) in [5, 5.41) is 10.00. The lowest BCUT2D eigenvalue weighted by Gasteiger charge is -2.37. The number of nitrogens with one attached hydrogen (secondary N) is 1. The molecule has 20 heavy (non-hydrogen) atoms. The van der Waals surface area contributed by atoms with Crippen molar-refractivity contribution < 1.29 is 18.3 Å². The summed E-state index contributed by atoms with van der Waals surface area (Å²) in [7, 11) is -2.35. The van der Waals surface area contributed by atoms with E-state index >= 15 is 0 Å². The summed E-state index contributed by atoms with van der Waals surface area (Å²) in [4.78, 5) is 11.1. The maximum absolute atomic E-state index is 12.3. The molecular weight excluding hydrogens is 282 g/mol. The van der Waals surface area contributed by atoms with Gasteiger partial charge in [-0.2, -0.15) is 0 Å². The van der Waals surface area contributed by atoms with Crippen LogP contribution in [0.5, 0.6) is 0 Å². The predicted molar refractivity (Wildman–Crippen MR) is 74.6 cm³/mol. The van der Waals surface area contributed by atoms with Crippen molar-refractivity contribution in [3.05, 3.63) is 18.0 Å². The number of carbonyl (C=O) groups excluding carboxylic acids is 1. The van der Waals surface area contributed by atoms with Crippen molar-refractivity contribution in [2.75, 3.05) is 0 Å². The molecule has 1 amide bonds. The average molecular weight is 303 g/mol. The zero-order valence-electron chi connectivity index (χ0n) is 12.3. The number of rotatable bonds is 5. The monoisotopic (exact) mass is 303 g/mol. The van der Waals surface area contributed by atoms with Crippen molar-refractivity contribution in [1.82, 2.24) is 9.29 Å². The van der Waals surface area contributed by atoms with Crippen molar-refractivity contribution >= 4 is 15.9 Å². The molecule has 7 nitrogen and oxygen atoms in total. The summed E-state index contributed by atoms with van der Waals surface area (Å²) in [5.74, 6) is -0.712. The largest absolute Gasteiger partial charge is 0.389 e. The maximum Gasteiger partial charge on any atom is 0.265 e. The highest BCUT2D eigenvalue weighted by molar-refractivity contribution is 7.89. The first kappa shape index (κ1) is 16.7. The molecule has 4 N–H and O–H groups in total. The van der Waals surface area contributed by atoms with Gasteiger partial charge in [-0.25, -0.2) is 13.1 Å². The smallest absolute Gasteiger partial charge is 0.265 e. The Morgan fingerprint density at radius 1 is 1.35 bits per heavy atom. The van der Waals surface area contributed by atoms with E-state index in [1.807, 2.05) is 0 Å². The highest BCUT2D eigenvalue weighted by atomic mass is 32.2. The number of amides is 1. The third kappa shape index (κ3) is 3.20. The van der Waals surface area contributed by atoms with Crippen LogP contribution in [0.4, 0.5) is 0 Å². The minimum Gasteiger partial charge on any atom is -0.389 e. The summed E-state index contributed by atoms with van der Waals surface area (Å²) in [5.41, 5.74) is 2.89. The topological polar surface area (TPSA) is 114 Å². The Hall–Kier alpha value is -1.38. The number of sulfonamides is 1. The zero-order valence-corrected chi connectivity index (χ0v) is 13.1. The molecule has 0 saturated carbocycles. The number of hydrogen-bond donors (Lipinski definition) is 3. The lowest BCUT2D eigenvalue weighted by atomic mass is 9.87. The van der Waals surface area contributed by atoms with Gasteiger partial charge in [-0.15, -0.1) is 0 Å². The van der Waals surface area contributed by atoms with Crippen LogP contribution in [-0.4, -0.2) is 35.1 Å². The number of aliphatic hydroxyl groups is 1. The van der Waals surface area contributed by atoms with E-state index in [1.165, 1.54) is 37.7 Å². The molecule has 0 radical (unpaired) electrons. The van der Waals surface area contributed by atoms with Gasteiger partial charge >= 0.3 is 0 Å². The number of primary amides is 1.